The van der Waals surface area contributed by atoms with Gasteiger partial charge in [0.05, 0.1) is 5.41 Å². The van der Waals surface area contributed by atoms with Gasteiger partial charge in [0.1, 0.15) is 0 Å². The molecule has 1 fully saturated rings. The Morgan fingerprint density at radius 2 is 1.94 bits per heavy atom. The fraction of sp³-hybridized carbons (Fsp3) is 0.231. The number of benzene rings is 1. The van der Waals surface area contributed by atoms with Gasteiger partial charge in [0.15, 0.2) is 0 Å². The van der Waals surface area contributed by atoms with Crippen molar-refractivity contribution in [2.75, 3.05) is 0 Å². The SMILES string of the molecule is O=C(O)C=Cc1cccc(C2(C(=O)O)CC2)c1. The second-order valence-corrected chi connectivity index (χ2v) is 4.18. The maximum atomic E-state index is 11.1. The highest BCUT2D eigenvalue weighted by molar-refractivity contribution is 5.87. The molecule has 1 aromatic carbocycles. The maximum absolute atomic E-state index is 11.1. The lowest BCUT2D eigenvalue weighted by atomic mass is 9.94. The molecule has 1 aliphatic carbocycles. The largest absolute Gasteiger partial charge is 0.481 e. The van der Waals surface area contributed by atoms with E-state index in [-0.39, 0.29) is 0 Å². The third-order valence-electron chi connectivity index (χ3n) is 3.02. The van der Waals surface area contributed by atoms with E-state index in [0.717, 1.165) is 11.6 Å². The van der Waals surface area contributed by atoms with Gasteiger partial charge in [0.2, 0.25) is 0 Å². The molecule has 0 aliphatic heterocycles. The van der Waals surface area contributed by atoms with Gasteiger partial charge in [0.25, 0.3) is 0 Å². The topological polar surface area (TPSA) is 74.6 Å². The van der Waals surface area contributed by atoms with Crippen molar-refractivity contribution in [3.63, 3.8) is 0 Å². The van der Waals surface area contributed by atoms with Crippen LogP contribution in [0.25, 0.3) is 6.08 Å². The van der Waals surface area contributed by atoms with Gasteiger partial charge in [-0.3, -0.25) is 4.79 Å². The zero-order chi connectivity index (χ0) is 12.5. The number of hydrogen-bond donors (Lipinski definition) is 2. The van der Waals surface area contributed by atoms with E-state index in [1.165, 1.54) is 6.08 Å². The lowest BCUT2D eigenvalue weighted by Gasteiger charge is -2.10. The van der Waals surface area contributed by atoms with Crippen LogP contribution in [0.1, 0.15) is 24.0 Å². The lowest BCUT2D eigenvalue weighted by molar-refractivity contribution is -0.140. The third kappa shape index (κ3) is 2.20. The van der Waals surface area contributed by atoms with Crippen LogP contribution in [0.2, 0.25) is 0 Å². The summed E-state index contributed by atoms with van der Waals surface area (Å²) in [5.41, 5.74) is 0.711. The quantitative estimate of drug-likeness (QED) is 0.777. The van der Waals surface area contributed by atoms with E-state index < -0.39 is 17.4 Å². The minimum Gasteiger partial charge on any atom is -0.481 e. The first kappa shape index (κ1) is 11.4. The molecule has 0 spiro atoms. The van der Waals surface area contributed by atoms with Crippen molar-refractivity contribution in [1.82, 2.24) is 0 Å². The first-order valence-corrected chi connectivity index (χ1v) is 5.29. The van der Waals surface area contributed by atoms with Gasteiger partial charge in [-0.25, -0.2) is 4.79 Å². The Morgan fingerprint density at radius 3 is 2.47 bits per heavy atom. The minimum atomic E-state index is -1.02. The maximum Gasteiger partial charge on any atom is 0.328 e. The van der Waals surface area contributed by atoms with Crippen LogP contribution in [-0.2, 0) is 15.0 Å². The molecule has 0 bridgehead atoms. The van der Waals surface area contributed by atoms with Gasteiger partial charge < -0.3 is 10.2 Å². The Balaban J connectivity index is 2.29. The molecule has 4 nitrogen and oxygen atoms in total. The molecule has 17 heavy (non-hydrogen) atoms. The minimum absolute atomic E-state index is 0.647. The van der Waals surface area contributed by atoms with E-state index >= 15 is 0 Å². The molecular formula is C13H12O4. The van der Waals surface area contributed by atoms with Crippen molar-refractivity contribution in [2.24, 2.45) is 0 Å². The highest BCUT2D eigenvalue weighted by atomic mass is 16.4. The summed E-state index contributed by atoms with van der Waals surface area (Å²) in [7, 11) is 0. The first-order chi connectivity index (χ1) is 8.04. The van der Waals surface area contributed by atoms with Crippen LogP contribution >= 0.6 is 0 Å². The van der Waals surface area contributed by atoms with Crippen LogP contribution in [0.15, 0.2) is 30.3 Å². The van der Waals surface area contributed by atoms with E-state index in [9.17, 15) is 9.59 Å². The monoisotopic (exact) mass is 232 g/mol. The molecule has 1 aromatic rings. The van der Waals surface area contributed by atoms with E-state index in [2.05, 4.69) is 0 Å². The van der Waals surface area contributed by atoms with Crippen LogP contribution in [-0.4, -0.2) is 22.2 Å². The van der Waals surface area contributed by atoms with E-state index in [4.69, 9.17) is 10.2 Å². The summed E-state index contributed by atoms with van der Waals surface area (Å²) in [6.45, 7) is 0. The molecule has 1 aliphatic rings. The average molecular weight is 232 g/mol. The molecule has 0 unspecified atom stereocenters. The van der Waals surface area contributed by atoms with Crippen LogP contribution in [0.3, 0.4) is 0 Å². The first-order valence-electron chi connectivity index (χ1n) is 5.29. The fourth-order valence-electron chi connectivity index (χ4n) is 1.86. The molecule has 2 N–H and O–H groups in total. The molecule has 0 atom stereocenters. The second-order valence-electron chi connectivity index (χ2n) is 4.18. The zero-order valence-corrected chi connectivity index (χ0v) is 9.09. The number of carboxylic acid groups (broad SMARTS) is 2. The van der Waals surface area contributed by atoms with E-state index in [0.29, 0.717) is 18.4 Å². The molecule has 0 saturated heterocycles. The normalized spacial score (nSPS) is 16.9. The third-order valence-corrected chi connectivity index (χ3v) is 3.02. The number of rotatable bonds is 4. The number of carbonyl (C=O) groups is 2. The van der Waals surface area contributed by atoms with Crippen molar-refractivity contribution in [3.05, 3.63) is 41.5 Å². The van der Waals surface area contributed by atoms with Crippen molar-refractivity contribution in [3.8, 4) is 0 Å². The molecule has 0 amide bonds. The van der Waals surface area contributed by atoms with Crippen molar-refractivity contribution < 1.29 is 19.8 Å². The van der Waals surface area contributed by atoms with Crippen molar-refractivity contribution >= 4 is 18.0 Å². The summed E-state index contributed by atoms with van der Waals surface area (Å²) < 4.78 is 0. The Bertz CT molecular complexity index is 498. The van der Waals surface area contributed by atoms with Gasteiger partial charge in [-0.2, -0.15) is 0 Å². The molecular weight excluding hydrogens is 220 g/mol. The average Bonchev–Trinajstić information content (AvgIpc) is 3.08. The van der Waals surface area contributed by atoms with Crippen LogP contribution in [0.4, 0.5) is 0 Å². The Morgan fingerprint density at radius 1 is 1.24 bits per heavy atom. The second kappa shape index (κ2) is 4.05. The predicted octanol–water partition coefficient (Wildman–Crippen LogP) is 1.90. The summed E-state index contributed by atoms with van der Waals surface area (Å²) >= 11 is 0. The Labute approximate surface area is 98.2 Å². The van der Waals surface area contributed by atoms with Gasteiger partial charge >= 0.3 is 11.9 Å². The summed E-state index contributed by atoms with van der Waals surface area (Å²) in [6.07, 6.45) is 3.80. The Hall–Kier alpha value is -2.10. The van der Waals surface area contributed by atoms with Gasteiger partial charge in [0, 0.05) is 6.08 Å². The molecule has 4 heteroatoms. The van der Waals surface area contributed by atoms with Crippen molar-refractivity contribution in [1.29, 1.82) is 0 Å². The molecule has 1 saturated carbocycles. The van der Waals surface area contributed by atoms with Crippen LogP contribution < -0.4 is 0 Å². The summed E-state index contributed by atoms with van der Waals surface area (Å²) in [5, 5.41) is 17.7. The Kier molecular flexibility index (Phi) is 2.71. The van der Waals surface area contributed by atoms with Crippen LogP contribution in [0, 0.1) is 0 Å². The van der Waals surface area contributed by atoms with Gasteiger partial charge in [-0.05, 0) is 30.0 Å². The fourth-order valence-corrected chi connectivity index (χ4v) is 1.86. The molecule has 2 rings (SSSR count). The highest BCUT2D eigenvalue weighted by Crippen LogP contribution is 2.48. The van der Waals surface area contributed by atoms with Crippen molar-refractivity contribution in [2.45, 2.75) is 18.3 Å². The van der Waals surface area contributed by atoms with E-state index in [1.807, 2.05) is 0 Å². The number of hydrogen-bond acceptors (Lipinski definition) is 2. The summed E-state index contributed by atoms with van der Waals surface area (Å²) in [6, 6.07) is 7.01. The summed E-state index contributed by atoms with van der Waals surface area (Å²) in [4.78, 5) is 21.5. The number of carboxylic acids is 2. The van der Waals surface area contributed by atoms with Crippen LogP contribution in [0.5, 0.6) is 0 Å². The molecule has 0 heterocycles. The highest BCUT2D eigenvalue weighted by Gasteiger charge is 2.51. The zero-order valence-electron chi connectivity index (χ0n) is 9.09. The molecule has 88 valence electrons. The smallest absolute Gasteiger partial charge is 0.328 e. The predicted molar refractivity (Wildman–Crippen MR) is 61.7 cm³/mol. The summed E-state index contributed by atoms with van der Waals surface area (Å²) in [5.74, 6) is -1.83. The number of aliphatic carboxylic acids is 2. The standard InChI is InChI=1S/C13H12O4/c14-11(15)5-4-9-2-1-3-10(8-9)13(6-7-13)12(16)17/h1-5,8H,6-7H2,(H,14,15)(H,16,17). The van der Waals surface area contributed by atoms with Gasteiger partial charge in [-0.1, -0.05) is 24.3 Å². The van der Waals surface area contributed by atoms with Gasteiger partial charge in [-0.15, -0.1) is 0 Å². The van der Waals surface area contributed by atoms with E-state index in [1.54, 1.807) is 24.3 Å². The molecule has 0 aromatic heterocycles. The lowest BCUT2D eigenvalue weighted by Crippen LogP contribution is -2.19. The molecule has 0 radical (unpaired) electrons.